The Morgan fingerprint density at radius 2 is 1.50 bits per heavy atom. The fourth-order valence-corrected chi connectivity index (χ4v) is 4.51. The second-order valence-corrected chi connectivity index (χ2v) is 9.77. The van der Waals surface area contributed by atoms with Gasteiger partial charge in [0.15, 0.2) is 0 Å². The van der Waals surface area contributed by atoms with Gasteiger partial charge in [0.2, 0.25) is 0 Å². The first-order valence-corrected chi connectivity index (χ1v) is 12.7. The predicted octanol–water partition coefficient (Wildman–Crippen LogP) is 8.30. The van der Waals surface area contributed by atoms with Crippen LogP contribution in [0.1, 0.15) is 17.0 Å². The Labute approximate surface area is 226 Å². The zero-order chi connectivity index (χ0) is 25.1. The first-order valence-electron chi connectivity index (χ1n) is 11.1. The van der Waals surface area contributed by atoms with Gasteiger partial charge in [0.25, 0.3) is 0 Å². The Morgan fingerprint density at radius 3 is 2.22 bits per heavy atom. The van der Waals surface area contributed by atoms with Gasteiger partial charge in [-0.3, -0.25) is 0 Å². The number of hydrogen-bond donors (Lipinski definition) is 0. The van der Waals surface area contributed by atoms with E-state index in [2.05, 4.69) is 26.6 Å². The van der Waals surface area contributed by atoms with E-state index in [1.54, 1.807) is 54.6 Å². The molecule has 1 aromatic heterocycles. The van der Waals surface area contributed by atoms with Gasteiger partial charge in [0.05, 0.1) is 23.2 Å². The lowest BCUT2D eigenvalue weighted by Crippen LogP contribution is -2.11. The number of nitrogens with zero attached hydrogens (tertiary/aromatic N) is 2. The van der Waals surface area contributed by atoms with Crippen molar-refractivity contribution in [2.45, 2.75) is 6.54 Å². The van der Waals surface area contributed by atoms with Crippen LogP contribution in [-0.2, 0) is 11.3 Å². The van der Waals surface area contributed by atoms with Crippen molar-refractivity contribution in [3.8, 4) is 5.75 Å². The number of fused-ring (bicyclic) bond motifs is 1. The topological polar surface area (TPSA) is 44.1 Å². The molecule has 0 aliphatic rings. The van der Waals surface area contributed by atoms with E-state index in [9.17, 15) is 4.79 Å². The number of esters is 1. The molecule has 7 heteroatoms. The summed E-state index contributed by atoms with van der Waals surface area (Å²) in [6.07, 6.45) is 1.76. The van der Waals surface area contributed by atoms with Gasteiger partial charge in [-0.05, 0) is 71.8 Å². The molecule has 0 radical (unpaired) electrons. The van der Waals surface area contributed by atoms with Crippen LogP contribution in [0.3, 0.4) is 0 Å². The lowest BCUT2D eigenvalue weighted by molar-refractivity contribution is -0.127. The number of hydrogen-bond acceptors (Lipinski definition) is 3. The van der Waals surface area contributed by atoms with E-state index in [0.29, 0.717) is 39.3 Å². The second kappa shape index (κ2) is 10.7. The van der Waals surface area contributed by atoms with Crippen molar-refractivity contribution in [2.24, 2.45) is 0 Å². The highest BCUT2D eigenvalue weighted by atomic mass is 79.9. The standard InChI is InChI=1S/C29H19BrCl2N2O2/c30-25-6-2-1-5-20(25)18-34-27-8-4-3-7-26(27)33-28(34)17-24(19-9-11-21(31)12-10-19)29(35)36-23-15-13-22(32)14-16-23/h1-17H,18H2/b24-17+. The van der Waals surface area contributed by atoms with Crippen LogP contribution in [0.5, 0.6) is 5.75 Å². The van der Waals surface area contributed by atoms with Gasteiger partial charge in [0.1, 0.15) is 11.6 Å². The summed E-state index contributed by atoms with van der Waals surface area (Å²) in [6, 6.07) is 29.6. The summed E-state index contributed by atoms with van der Waals surface area (Å²) in [6.45, 7) is 0.563. The van der Waals surface area contributed by atoms with Crippen molar-refractivity contribution in [2.75, 3.05) is 0 Å². The van der Waals surface area contributed by atoms with Gasteiger partial charge in [-0.15, -0.1) is 0 Å². The number of carbonyl (C=O) groups excluding carboxylic acids is 1. The van der Waals surface area contributed by atoms with Crippen molar-refractivity contribution in [3.05, 3.63) is 129 Å². The van der Waals surface area contributed by atoms with E-state index in [1.807, 2.05) is 42.5 Å². The van der Waals surface area contributed by atoms with Crippen molar-refractivity contribution < 1.29 is 9.53 Å². The molecule has 1 heterocycles. The van der Waals surface area contributed by atoms with Crippen LogP contribution in [0.25, 0.3) is 22.7 Å². The van der Waals surface area contributed by atoms with Crippen LogP contribution in [0.4, 0.5) is 0 Å². The molecule has 4 nitrogen and oxygen atoms in total. The lowest BCUT2D eigenvalue weighted by Gasteiger charge is -2.12. The number of halogens is 3. The summed E-state index contributed by atoms with van der Waals surface area (Å²) >= 11 is 15.7. The Morgan fingerprint density at radius 1 is 0.861 bits per heavy atom. The molecule has 0 spiro atoms. The highest BCUT2D eigenvalue weighted by Crippen LogP contribution is 2.27. The average Bonchev–Trinajstić information content (AvgIpc) is 3.23. The number of carbonyl (C=O) groups is 1. The molecule has 0 aliphatic heterocycles. The van der Waals surface area contributed by atoms with E-state index in [1.165, 1.54) is 0 Å². The summed E-state index contributed by atoms with van der Waals surface area (Å²) in [7, 11) is 0. The normalized spacial score (nSPS) is 11.6. The molecule has 4 aromatic carbocycles. The third-order valence-electron chi connectivity index (χ3n) is 5.64. The largest absolute Gasteiger partial charge is 0.423 e. The monoisotopic (exact) mass is 576 g/mol. The Balaban J connectivity index is 1.63. The van der Waals surface area contributed by atoms with Gasteiger partial charge < -0.3 is 9.30 Å². The van der Waals surface area contributed by atoms with Crippen LogP contribution in [0.15, 0.2) is 102 Å². The van der Waals surface area contributed by atoms with Crippen LogP contribution < -0.4 is 4.74 Å². The van der Waals surface area contributed by atoms with Gasteiger partial charge in [0, 0.05) is 14.5 Å². The maximum atomic E-state index is 13.4. The molecule has 0 unspecified atom stereocenters. The summed E-state index contributed by atoms with van der Waals surface area (Å²) in [4.78, 5) is 18.3. The van der Waals surface area contributed by atoms with Crippen molar-refractivity contribution in [3.63, 3.8) is 0 Å². The van der Waals surface area contributed by atoms with Crippen LogP contribution >= 0.6 is 39.1 Å². The minimum absolute atomic E-state index is 0.352. The molecule has 0 saturated carbocycles. The Kier molecular flexibility index (Phi) is 7.23. The van der Waals surface area contributed by atoms with Gasteiger partial charge in [-0.2, -0.15) is 0 Å². The van der Waals surface area contributed by atoms with Crippen molar-refractivity contribution in [1.29, 1.82) is 0 Å². The van der Waals surface area contributed by atoms with Crippen LogP contribution in [0, 0.1) is 0 Å². The Bertz CT molecular complexity index is 1580. The Hall–Kier alpha value is -3.38. The van der Waals surface area contributed by atoms with Crippen LogP contribution in [-0.4, -0.2) is 15.5 Å². The molecular formula is C29H19BrCl2N2O2. The molecule has 0 N–H and O–H groups in total. The van der Waals surface area contributed by atoms with E-state index >= 15 is 0 Å². The zero-order valence-electron chi connectivity index (χ0n) is 18.9. The summed E-state index contributed by atoms with van der Waals surface area (Å²) in [5.41, 5.74) is 3.90. The number of ether oxygens (including phenoxy) is 1. The molecule has 5 aromatic rings. The average molecular weight is 578 g/mol. The minimum Gasteiger partial charge on any atom is -0.423 e. The highest BCUT2D eigenvalue weighted by molar-refractivity contribution is 9.10. The smallest absolute Gasteiger partial charge is 0.344 e. The van der Waals surface area contributed by atoms with E-state index in [4.69, 9.17) is 32.9 Å². The number of rotatable bonds is 6. The molecule has 0 atom stereocenters. The first-order chi connectivity index (χ1) is 17.5. The quantitative estimate of drug-likeness (QED) is 0.116. The van der Waals surface area contributed by atoms with Gasteiger partial charge >= 0.3 is 5.97 Å². The third-order valence-corrected chi connectivity index (χ3v) is 6.92. The second-order valence-electron chi connectivity index (χ2n) is 8.04. The fraction of sp³-hybridized carbons (Fsp3) is 0.0345. The molecule has 36 heavy (non-hydrogen) atoms. The molecule has 5 rings (SSSR count). The SMILES string of the molecule is O=C(Oc1ccc(Cl)cc1)/C(=C/c1nc2ccccc2n1Cc1ccccc1Br)c1ccc(Cl)cc1. The minimum atomic E-state index is -0.515. The summed E-state index contributed by atoms with van der Waals surface area (Å²) in [5.74, 6) is 0.509. The number of imidazole rings is 1. The summed E-state index contributed by atoms with van der Waals surface area (Å²) < 4.78 is 8.78. The first kappa shape index (κ1) is 24.3. The summed E-state index contributed by atoms with van der Waals surface area (Å²) in [5, 5.41) is 1.13. The van der Waals surface area contributed by atoms with Gasteiger partial charge in [-0.1, -0.05) is 81.6 Å². The fourth-order valence-electron chi connectivity index (χ4n) is 3.85. The molecule has 0 saturated heterocycles. The van der Waals surface area contributed by atoms with Crippen molar-refractivity contribution >= 4 is 67.8 Å². The van der Waals surface area contributed by atoms with Crippen LogP contribution in [0.2, 0.25) is 10.0 Å². The zero-order valence-corrected chi connectivity index (χ0v) is 22.0. The predicted molar refractivity (Wildman–Crippen MR) is 149 cm³/mol. The maximum absolute atomic E-state index is 13.4. The molecular weight excluding hydrogens is 559 g/mol. The molecule has 0 aliphatic carbocycles. The molecule has 178 valence electrons. The van der Waals surface area contributed by atoms with E-state index < -0.39 is 5.97 Å². The third kappa shape index (κ3) is 5.39. The number of benzene rings is 4. The molecule has 0 bridgehead atoms. The number of aromatic nitrogens is 2. The number of para-hydroxylation sites is 2. The van der Waals surface area contributed by atoms with Crippen molar-refractivity contribution in [1.82, 2.24) is 9.55 Å². The molecule has 0 fully saturated rings. The maximum Gasteiger partial charge on any atom is 0.344 e. The van der Waals surface area contributed by atoms with Gasteiger partial charge in [-0.25, -0.2) is 9.78 Å². The van der Waals surface area contributed by atoms with E-state index in [0.717, 1.165) is 21.1 Å². The molecule has 0 amide bonds. The highest BCUT2D eigenvalue weighted by Gasteiger charge is 2.18. The van der Waals surface area contributed by atoms with E-state index in [-0.39, 0.29) is 0 Å². The lowest BCUT2D eigenvalue weighted by atomic mass is 10.1.